The molecule has 0 spiro atoms. The third kappa shape index (κ3) is 3.07. The number of amides is 4. The molecule has 0 bridgehead atoms. The van der Waals surface area contributed by atoms with Gasteiger partial charge in [-0.15, -0.1) is 0 Å². The van der Waals surface area contributed by atoms with E-state index in [2.05, 4.69) is 28.2 Å². The minimum Gasteiger partial charge on any atom is -0.327 e. The molecular formula is C10H19N5O2. The second-order valence-corrected chi connectivity index (χ2v) is 4.82. The van der Waals surface area contributed by atoms with E-state index in [1.807, 2.05) is 0 Å². The van der Waals surface area contributed by atoms with Gasteiger partial charge in [0.2, 0.25) is 0 Å². The lowest BCUT2D eigenvalue weighted by atomic mass is 9.83. The minimum absolute atomic E-state index is 0.175. The van der Waals surface area contributed by atoms with Gasteiger partial charge in [-0.3, -0.25) is 10.6 Å². The summed E-state index contributed by atoms with van der Waals surface area (Å²) in [6, 6.07) is -0.571. The van der Waals surface area contributed by atoms with Crippen molar-refractivity contribution in [2.24, 2.45) is 11.7 Å². The highest BCUT2D eigenvalue weighted by Crippen LogP contribution is 2.22. The molecule has 0 aromatic rings. The summed E-state index contributed by atoms with van der Waals surface area (Å²) < 4.78 is 0. The first-order chi connectivity index (χ1) is 8.04. The number of carbonyl (C=O) groups excluding carboxylic acids is 2. The van der Waals surface area contributed by atoms with Gasteiger partial charge in [-0.05, 0) is 25.2 Å². The second-order valence-electron chi connectivity index (χ2n) is 4.82. The van der Waals surface area contributed by atoms with Gasteiger partial charge in [0.25, 0.3) is 0 Å². The van der Waals surface area contributed by atoms with Gasteiger partial charge in [0, 0.05) is 12.1 Å². The third-order valence-electron chi connectivity index (χ3n) is 3.44. The first-order valence-corrected chi connectivity index (χ1v) is 5.94. The van der Waals surface area contributed by atoms with Crippen molar-refractivity contribution >= 4 is 12.1 Å². The Labute approximate surface area is 99.9 Å². The first-order valence-electron chi connectivity index (χ1n) is 5.94. The maximum absolute atomic E-state index is 11.1. The molecule has 1 aliphatic heterocycles. The summed E-state index contributed by atoms with van der Waals surface area (Å²) in [5.41, 5.74) is 6.00. The van der Waals surface area contributed by atoms with Crippen molar-refractivity contribution in [3.8, 4) is 0 Å². The van der Waals surface area contributed by atoms with Gasteiger partial charge in [-0.1, -0.05) is 6.92 Å². The summed E-state index contributed by atoms with van der Waals surface area (Å²) in [4.78, 5) is 22.2. The topological polar surface area (TPSA) is 108 Å². The molecule has 17 heavy (non-hydrogen) atoms. The van der Waals surface area contributed by atoms with Gasteiger partial charge in [0.05, 0.1) is 0 Å². The summed E-state index contributed by atoms with van der Waals surface area (Å²) in [7, 11) is 0. The molecule has 4 amide bonds. The predicted molar refractivity (Wildman–Crippen MR) is 61.9 cm³/mol. The Morgan fingerprint density at radius 2 is 1.88 bits per heavy atom. The Kier molecular flexibility index (Phi) is 3.49. The fraction of sp³-hybridized carbons (Fsp3) is 0.800. The molecule has 2 aliphatic rings. The van der Waals surface area contributed by atoms with E-state index in [9.17, 15) is 9.59 Å². The lowest BCUT2D eigenvalue weighted by Gasteiger charge is -2.36. The van der Waals surface area contributed by atoms with Gasteiger partial charge in [0.15, 0.2) is 6.29 Å². The Hall–Kier alpha value is -1.34. The average molecular weight is 241 g/mol. The van der Waals surface area contributed by atoms with Crippen LogP contribution in [0.1, 0.15) is 26.2 Å². The molecule has 1 heterocycles. The summed E-state index contributed by atoms with van der Waals surface area (Å²) in [6.45, 7) is 2.15. The normalized spacial score (nSPS) is 34.8. The van der Waals surface area contributed by atoms with E-state index in [1.165, 1.54) is 0 Å². The molecule has 7 nitrogen and oxygen atoms in total. The van der Waals surface area contributed by atoms with E-state index in [0.717, 1.165) is 19.3 Å². The van der Waals surface area contributed by atoms with Gasteiger partial charge in [0.1, 0.15) is 0 Å². The van der Waals surface area contributed by atoms with Crippen LogP contribution >= 0.6 is 0 Å². The highest BCUT2D eigenvalue weighted by atomic mass is 16.2. The van der Waals surface area contributed by atoms with Gasteiger partial charge < -0.3 is 16.4 Å². The van der Waals surface area contributed by atoms with E-state index in [1.54, 1.807) is 0 Å². The molecule has 1 aliphatic carbocycles. The van der Waals surface area contributed by atoms with E-state index >= 15 is 0 Å². The third-order valence-corrected chi connectivity index (χ3v) is 3.44. The zero-order chi connectivity index (χ0) is 12.4. The van der Waals surface area contributed by atoms with Crippen LogP contribution in [0.2, 0.25) is 0 Å². The van der Waals surface area contributed by atoms with Crippen molar-refractivity contribution in [1.82, 2.24) is 21.3 Å². The Morgan fingerprint density at radius 3 is 2.47 bits per heavy atom. The molecule has 0 unspecified atom stereocenters. The predicted octanol–water partition coefficient (Wildman–Crippen LogP) is -0.602. The molecule has 1 saturated heterocycles. The van der Waals surface area contributed by atoms with Gasteiger partial charge >= 0.3 is 12.1 Å². The Bertz CT molecular complexity index is 306. The number of hydrogen-bond acceptors (Lipinski definition) is 4. The van der Waals surface area contributed by atoms with Crippen molar-refractivity contribution in [2.75, 3.05) is 0 Å². The largest absolute Gasteiger partial charge is 0.327 e. The highest BCUT2D eigenvalue weighted by molar-refractivity contribution is 5.95. The SMILES string of the molecule is C[C@@H]1CC[C@@H](NC2NC(=O)NC(=O)N2)C[C@H]1N. The lowest BCUT2D eigenvalue weighted by Crippen LogP contribution is -2.68. The number of nitrogens with two attached hydrogens (primary N) is 1. The van der Waals surface area contributed by atoms with Gasteiger partial charge in [-0.2, -0.15) is 0 Å². The van der Waals surface area contributed by atoms with Crippen molar-refractivity contribution in [3.05, 3.63) is 0 Å². The fourth-order valence-corrected chi connectivity index (χ4v) is 2.30. The van der Waals surface area contributed by atoms with E-state index in [0.29, 0.717) is 5.92 Å². The summed E-state index contributed by atoms with van der Waals surface area (Å²) >= 11 is 0. The molecule has 96 valence electrons. The molecule has 2 fully saturated rings. The average Bonchev–Trinajstić information content (AvgIpc) is 2.22. The fourth-order valence-electron chi connectivity index (χ4n) is 2.30. The van der Waals surface area contributed by atoms with Crippen molar-refractivity contribution in [2.45, 2.75) is 44.6 Å². The van der Waals surface area contributed by atoms with Crippen LogP contribution in [0, 0.1) is 5.92 Å². The number of hydrogen-bond donors (Lipinski definition) is 5. The maximum atomic E-state index is 11.1. The van der Waals surface area contributed by atoms with Gasteiger partial charge in [-0.25, -0.2) is 9.59 Å². The smallest absolute Gasteiger partial charge is 0.325 e. The van der Waals surface area contributed by atoms with E-state index in [4.69, 9.17) is 5.73 Å². The maximum Gasteiger partial charge on any atom is 0.325 e. The number of rotatable bonds is 2. The van der Waals surface area contributed by atoms with Crippen molar-refractivity contribution in [1.29, 1.82) is 0 Å². The highest BCUT2D eigenvalue weighted by Gasteiger charge is 2.29. The van der Waals surface area contributed by atoms with Crippen LogP contribution in [-0.4, -0.2) is 30.4 Å². The minimum atomic E-state index is -0.512. The molecular weight excluding hydrogens is 222 g/mol. The van der Waals surface area contributed by atoms with E-state index in [-0.39, 0.29) is 12.1 Å². The second kappa shape index (κ2) is 4.89. The quantitative estimate of drug-likeness (QED) is 0.445. The molecule has 0 radical (unpaired) electrons. The number of imide groups is 1. The van der Waals surface area contributed by atoms with Crippen LogP contribution in [-0.2, 0) is 0 Å². The van der Waals surface area contributed by atoms with Crippen LogP contribution in [0.15, 0.2) is 0 Å². The number of carbonyl (C=O) groups is 2. The number of nitrogens with one attached hydrogen (secondary N) is 4. The standard InChI is InChI=1S/C10H19N5O2/c1-5-2-3-6(4-7(5)11)12-8-13-9(16)15-10(17)14-8/h5-8,12H,2-4,11H2,1H3,(H3,13,14,15,16,17)/t5-,6-,7-/m1/s1. The molecule has 7 heteroatoms. The molecule has 0 aromatic heterocycles. The Balaban J connectivity index is 1.84. The van der Waals surface area contributed by atoms with Crippen LogP contribution in [0.25, 0.3) is 0 Å². The zero-order valence-electron chi connectivity index (χ0n) is 9.82. The molecule has 3 atom stereocenters. The summed E-state index contributed by atoms with van der Waals surface area (Å²) in [6.07, 6.45) is 2.41. The van der Waals surface area contributed by atoms with Crippen molar-refractivity contribution in [3.63, 3.8) is 0 Å². The summed E-state index contributed by atoms with van der Waals surface area (Å²) in [5.74, 6) is 0.533. The zero-order valence-corrected chi connectivity index (χ0v) is 9.82. The summed E-state index contributed by atoms with van der Waals surface area (Å²) in [5, 5.41) is 10.5. The Morgan fingerprint density at radius 1 is 1.24 bits per heavy atom. The van der Waals surface area contributed by atoms with E-state index < -0.39 is 18.4 Å². The molecule has 1 saturated carbocycles. The molecule has 6 N–H and O–H groups in total. The monoisotopic (exact) mass is 241 g/mol. The molecule has 0 aromatic carbocycles. The lowest BCUT2D eigenvalue weighted by molar-refractivity contribution is 0.189. The van der Waals surface area contributed by atoms with Crippen LogP contribution in [0.5, 0.6) is 0 Å². The first kappa shape index (κ1) is 12.1. The van der Waals surface area contributed by atoms with Crippen LogP contribution in [0.4, 0.5) is 9.59 Å². The van der Waals surface area contributed by atoms with Crippen LogP contribution < -0.4 is 27.0 Å². The molecule has 2 rings (SSSR count). The van der Waals surface area contributed by atoms with Crippen molar-refractivity contribution < 1.29 is 9.59 Å². The van der Waals surface area contributed by atoms with Crippen LogP contribution in [0.3, 0.4) is 0 Å². The number of urea groups is 2.